The molecule has 0 aromatic heterocycles. The second-order valence-corrected chi connectivity index (χ2v) is 9.99. The summed E-state index contributed by atoms with van der Waals surface area (Å²) in [5.74, 6) is 1.32. The van der Waals surface area contributed by atoms with E-state index < -0.39 is 0 Å². The summed E-state index contributed by atoms with van der Waals surface area (Å²) in [5, 5.41) is 0. The summed E-state index contributed by atoms with van der Waals surface area (Å²) >= 11 is 0. The Morgan fingerprint density at radius 1 is 0.943 bits per heavy atom. The summed E-state index contributed by atoms with van der Waals surface area (Å²) in [6.45, 7) is 6.73. The quantitative estimate of drug-likeness (QED) is 0.255. The minimum absolute atomic E-state index is 0.0622. The largest absolute Gasteiger partial charge is 0.207 e. The lowest BCUT2D eigenvalue weighted by atomic mass is 9.85. The van der Waals surface area contributed by atoms with Crippen molar-refractivity contribution in [2.24, 2.45) is 11.8 Å². The molecule has 0 saturated carbocycles. The maximum Gasteiger partial charge on any atom is 0.126 e. The molecule has 2 aromatic carbocycles. The van der Waals surface area contributed by atoms with Crippen molar-refractivity contribution in [2.75, 3.05) is 0 Å². The Labute approximate surface area is 213 Å². The highest BCUT2D eigenvalue weighted by atomic mass is 19.1. The van der Waals surface area contributed by atoms with E-state index in [1.807, 2.05) is 6.07 Å². The average Bonchev–Trinajstić information content (AvgIpc) is 2.89. The molecule has 0 radical (unpaired) electrons. The second-order valence-electron chi connectivity index (χ2n) is 9.99. The lowest BCUT2D eigenvalue weighted by molar-refractivity contribution is 0.405. The van der Waals surface area contributed by atoms with Gasteiger partial charge in [-0.05, 0) is 90.7 Å². The molecular weight excluding hydrogens is 427 g/mol. The van der Waals surface area contributed by atoms with Crippen molar-refractivity contribution in [3.63, 3.8) is 0 Å². The molecule has 0 heterocycles. The monoisotopic (exact) mass is 470 g/mol. The van der Waals surface area contributed by atoms with Crippen LogP contribution in [0.2, 0.25) is 0 Å². The first-order chi connectivity index (χ1) is 17.1. The van der Waals surface area contributed by atoms with Crippen LogP contribution >= 0.6 is 0 Å². The molecule has 186 valence electrons. The van der Waals surface area contributed by atoms with Crippen molar-refractivity contribution < 1.29 is 4.39 Å². The SMILES string of the molecule is CCC/C=C(\C=C/CC[C@H](C)[C@H]1C=CC=CC1)c1ccc(CCc2ccc(CCC)cc2F)cc1. The van der Waals surface area contributed by atoms with E-state index in [0.29, 0.717) is 11.8 Å². The molecule has 1 heteroatoms. The van der Waals surface area contributed by atoms with E-state index in [0.717, 1.165) is 56.1 Å². The minimum Gasteiger partial charge on any atom is -0.207 e. The normalized spacial score (nSPS) is 16.8. The lowest BCUT2D eigenvalue weighted by Crippen LogP contribution is -2.09. The van der Waals surface area contributed by atoms with E-state index >= 15 is 0 Å². The minimum atomic E-state index is -0.0622. The van der Waals surface area contributed by atoms with Gasteiger partial charge in [0.2, 0.25) is 0 Å². The van der Waals surface area contributed by atoms with E-state index in [1.165, 1.54) is 29.5 Å². The van der Waals surface area contributed by atoms with Crippen LogP contribution in [0.1, 0.15) is 81.5 Å². The maximum atomic E-state index is 14.4. The molecule has 0 saturated heterocycles. The highest BCUT2D eigenvalue weighted by molar-refractivity contribution is 5.74. The Hall–Kier alpha value is -2.67. The number of allylic oxidation sites excluding steroid dienone is 8. The third kappa shape index (κ3) is 8.80. The van der Waals surface area contributed by atoms with Crippen LogP contribution in [-0.2, 0) is 19.3 Å². The number of hydrogen-bond donors (Lipinski definition) is 0. The summed E-state index contributed by atoms with van der Waals surface area (Å²) in [6.07, 6.45) is 25.3. The first-order valence-electron chi connectivity index (χ1n) is 13.7. The topological polar surface area (TPSA) is 0 Å². The summed E-state index contributed by atoms with van der Waals surface area (Å²) in [6, 6.07) is 14.6. The number of hydrogen-bond acceptors (Lipinski definition) is 0. The fourth-order valence-corrected chi connectivity index (χ4v) is 4.77. The van der Waals surface area contributed by atoms with Gasteiger partial charge in [-0.25, -0.2) is 4.39 Å². The number of halogens is 1. The standard InChI is InChI=1S/C34H43F/c1-4-6-14-31(17-11-10-13-27(3)30-15-8-7-9-16-30)32-22-18-28(19-23-32)20-24-33-25-21-29(12-5-2)26-34(33)35/h7-9,11,14-15,17-19,21-23,25-27,30H,4-6,10,12-13,16,20,24H2,1-3H3/b17-11-,31-14+/t27-,30-/m0/s1. The van der Waals surface area contributed by atoms with Gasteiger partial charge in [0.05, 0.1) is 0 Å². The van der Waals surface area contributed by atoms with Gasteiger partial charge < -0.3 is 0 Å². The molecule has 1 aliphatic carbocycles. The Bertz CT molecular complexity index is 1020. The predicted octanol–water partition coefficient (Wildman–Crippen LogP) is 9.85. The van der Waals surface area contributed by atoms with Crippen molar-refractivity contribution in [1.82, 2.24) is 0 Å². The molecule has 0 nitrogen and oxygen atoms in total. The first kappa shape index (κ1) is 26.9. The summed E-state index contributed by atoms with van der Waals surface area (Å²) < 4.78 is 14.4. The van der Waals surface area contributed by atoms with E-state index in [4.69, 9.17) is 0 Å². The highest BCUT2D eigenvalue weighted by Crippen LogP contribution is 2.26. The molecule has 0 fully saturated rings. The molecule has 1 aliphatic rings. The van der Waals surface area contributed by atoms with E-state index in [9.17, 15) is 4.39 Å². The molecule has 3 rings (SSSR count). The van der Waals surface area contributed by atoms with Crippen molar-refractivity contribution in [1.29, 1.82) is 0 Å². The summed E-state index contributed by atoms with van der Waals surface area (Å²) in [4.78, 5) is 0. The van der Waals surface area contributed by atoms with Crippen LogP contribution in [0, 0.1) is 17.7 Å². The van der Waals surface area contributed by atoms with Crippen LogP contribution in [0.3, 0.4) is 0 Å². The fourth-order valence-electron chi connectivity index (χ4n) is 4.77. The van der Waals surface area contributed by atoms with Crippen LogP contribution in [-0.4, -0.2) is 0 Å². The number of unbranched alkanes of at least 4 members (excludes halogenated alkanes) is 1. The molecule has 0 aliphatic heterocycles. The fraction of sp³-hybridized carbons (Fsp3) is 0.412. The molecule has 2 atom stereocenters. The Kier molecular flexibility index (Phi) is 11.3. The number of aryl methyl sites for hydroxylation is 3. The first-order valence-corrected chi connectivity index (χ1v) is 13.7. The maximum absolute atomic E-state index is 14.4. The van der Waals surface area contributed by atoms with Gasteiger partial charge in [0.15, 0.2) is 0 Å². The predicted molar refractivity (Wildman–Crippen MR) is 151 cm³/mol. The highest BCUT2D eigenvalue weighted by Gasteiger charge is 2.13. The zero-order valence-corrected chi connectivity index (χ0v) is 22.0. The van der Waals surface area contributed by atoms with Crippen LogP contribution in [0.5, 0.6) is 0 Å². The van der Waals surface area contributed by atoms with Crippen LogP contribution in [0.15, 0.2) is 85.0 Å². The van der Waals surface area contributed by atoms with Crippen molar-refractivity contribution in [3.05, 3.63) is 113 Å². The van der Waals surface area contributed by atoms with Crippen LogP contribution in [0.25, 0.3) is 5.57 Å². The average molecular weight is 471 g/mol. The third-order valence-corrected chi connectivity index (χ3v) is 7.11. The Balaban J connectivity index is 1.56. The van der Waals surface area contributed by atoms with Gasteiger partial charge in [-0.2, -0.15) is 0 Å². The summed E-state index contributed by atoms with van der Waals surface area (Å²) in [5.41, 5.74) is 5.74. The number of benzene rings is 2. The lowest BCUT2D eigenvalue weighted by Gasteiger charge is -2.20. The van der Waals surface area contributed by atoms with Gasteiger partial charge in [0.1, 0.15) is 5.82 Å². The second kappa shape index (κ2) is 14.7. The van der Waals surface area contributed by atoms with Crippen LogP contribution < -0.4 is 0 Å². The molecule has 35 heavy (non-hydrogen) atoms. The third-order valence-electron chi connectivity index (χ3n) is 7.11. The van der Waals surface area contributed by atoms with E-state index in [-0.39, 0.29) is 5.82 Å². The Morgan fingerprint density at radius 2 is 1.74 bits per heavy atom. The molecular formula is C34H43F. The van der Waals surface area contributed by atoms with Crippen LogP contribution in [0.4, 0.5) is 4.39 Å². The van der Waals surface area contributed by atoms with Crippen molar-refractivity contribution in [2.45, 2.75) is 78.6 Å². The molecule has 0 bridgehead atoms. The number of rotatable bonds is 13. The van der Waals surface area contributed by atoms with Gasteiger partial charge >= 0.3 is 0 Å². The van der Waals surface area contributed by atoms with E-state index in [1.54, 1.807) is 6.07 Å². The molecule has 0 amide bonds. The van der Waals surface area contributed by atoms with Crippen molar-refractivity contribution in [3.8, 4) is 0 Å². The smallest absolute Gasteiger partial charge is 0.126 e. The van der Waals surface area contributed by atoms with E-state index in [2.05, 4.69) is 93.6 Å². The zero-order valence-electron chi connectivity index (χ0n) is 22.0. The Morgan fingerprint density at radius 3 is 2.43 bits per heavy atom. The van der Waals surface area contributed by atoms with Crippen molar-refractivity contribution >= 4 is 5.57 Å². The van der Waals surface area contributed by atoms with Gasteiger partial charge in [0, 0.05) is 0 Å². The zero-order chi connectivity index (χ0) is 24.9. The summed E-state index contributed by atoms with van der Waals surface area (Å²) in [7, 11) is 0. The van der Waals surface area contributed by atoms with Gasteiger partial charge in [-0.1, -0.05) is 113 Å². The van der Waals surface area contributed by atoms with Gasteiger partial charge in [-0.15, -0.1) is 0 Å². The van der Waals surface area contributed by atoms with Gasteiger partial charge in [-0.3, -0.25) is 0 Å². The van der Waals surface area contributed by atoms with Gasteiger partial charge in [0.25, 0.3) is 0 Å². The molecule has 0 unspecified atom stereocenters. The molecule has 0 spiro atoms. The molecule has 2 aromatic rings. The molecule has 0 N–H and O–H groups in total.